The highest BCUT2D eigenvalue weighted by Gasteiger charge is 2.30. The smallest absolute Gasteiger partial charge is 0.407 e. The van der Waals surface area contributed by atoms with E-state index in [1.165, 1.54) is 17.0 Å². The van der Waals surface area contributed by atoms with Gasteiger partial charge >= 0.3 is 6.09 Å². The third-order valence-electron chi connectivity index (χ3n) is 4.80. The van der Waals surface area contributed by atoms with Crippen molar-refractivity contribution >= 4 is 6.09 Å². The lowest BCUT2D eigenvalue weighted by molar-refractivity contribution is 0.0504. The molecule has 2 aromatic carbocycles. The first-order valence-corrected chi connectivity index (χ1v) is 9.30. The average molecular weight is 389 g/mol. The highest BCUT2D eigenvalue weighted by Crippen LogP contribution is 2.29. The van der Waals surface area contributed by atoms with E-state index in [2.05, 4.69) is 0 Å². The van der Waals surface area contributed by atoms with E-state index in [1.54, 1.807) is 12.1 Å². The number of aliphatic hydroxyl groups excluding tert-OH is 1. The second kappa shape index (κ2) is 9.41. The zero-order valence-electron chi connectivity index (χ0n) is 15.5. The summed E-state index contributed by atoms with van der Waals surface area (Å²) in [5, 5.41) is 19.3. The van der Waals surface area contributed by atoms with Gasteiger partial charge in [-0.05, 0) is 48.4 Å². The monoisotopic (exact) mass is 389 g/mol. The summed E-state index contributed by atoms with van der Waals surface area (Å²) in [5.74, 6) is 0.981. The van der Waals surface area contributed by atoms with Crippen molar-refractivity contribution in [2.45, 2.75) is 24.9 Å². The molecule has 0 radical (unpaired) electrons. The lowest BCUT2D eigenvalue weighted by Crippen LogP contribution is -2.45. The molecule has 1 heterocycles. The number of ether oxygens (including phenoxy) is 2. The normalized spacial score (nSPS) is 19.3. The van der Waals surface area contributed by atoms with Gasteiger partial charge < -0.3 is 24.6 Å². The standard InChI is InChI=1S/C21H24FNO5/c22-16-4-8-18(9-5-16)28-13-1-12-27-17-6-2-15(3-7-17)19-10-11-23(21(25)26)14-20(19)24/h2-9,19-20,24H,1,10-14H2,(H,25,26). The molecule has 0 aromatic heterocycles. The van der Waals surface area contributed by atoms with E-state index in [1.807, 2.05) is 24.3 Å². The molecule has 1 fully saturated rings. The predicted octanol–water partition coefficient (Wildman–Crippen LogP) is 3.50. The average Bonchev–Trinajstić information content (AvgIpc) is 2.69. The van der Waals surface area contributed by atoms with Gasteiger partial charge in [-0.15, -0.1) is 0 Å². The molecule has 1 amide bonds. The number of β-amino-alcohol motifs (C(OH)–C–C–N with tert-alkyl or cyclic N) is 1. The van der Waals surface area contributed by atoms with Crippen molar-refractivity contribution in [1.82, 2.24) is 4.90 Å². The van der Waals surface area contributed by atoms with Crippen LogP contribution in [0.3, 0.4) is 0 Å². The number of carbonyl (C=O) groups is 1. The molecule has 2 aromatic rings. The van der Waals surface area contributed by atoms with Crippen molar-refractivity contribution in [1.29, 1.82) is 0 Å². The molecule has 2 unspecified atom stereocenters. The minimum absolute atomic E-state index is 0.0752. The number of amides is 1. The topological polar surface area (TPSA) is 79.2 Å². The highest BCUT2D eigenvalue weighted by atomic mass is 19.1. The zero-order valence-corrected chi connectivity index (χ0v) is 15.5. The maximum absolute atomic E-state index is 12.8. The Balaban J connectivity index is 1.41. The minimum Gasteiger partial charge on any atom is -0.493 e. The van der Waals surface area contributed by atoms with Crippen LogP contribution in [0.15, 0.2) is 48.5 Å². The molecule has 0 bridgehead atoms. The number of likely N-dealkylation sites (tertiary alicyclic amines) is 1. The van der Waals surface area contributed by atoms with E-state index in [0.717, 1.165) is 11.3 Å². The summed E-state index contributed by atoms with van der Waals surface area (Å²) in [6, 6.07) is 13.4. The fourth-order valence-electron chi connectivity index (χ4n) is 3.28. The summed E-state index contributed by atoms with van der Waals surface area (Å²) in [5.41, 5.74) is 0.976. The Bertz CT molecular complexity index is 765. The van der Waals surface area contributed by atoms with Gasteiger partial charge in [-0.2, -0.15) is 0 Å². The first-order chi connectivity index (χ1) is 13.5. The quantitative estimate of drug-likeness (QED) is 0.709. The van der Waals surface area contributed by atoms with Gasteiger partial charge in [0.2, 0.25) is 0 Å². The van der Waals surface area contributed by atoms with Gasteiger partial charge in [-0.25, -0.2) is 9.18 Å². The third kappa shape index (κ3) is 5.36. The van der Waals surface area contributed by atoms with Crippen LogP contribution in [0.5, 0.6) is 11.5 Å². The Kier molecular flexibility index (Phi) is 6.71. The molecule has 0 aliphatic carbocycles. The summed E-state index contributed by atoms with van der Waals surface area (Å²) in [7, 11) is 0. The molecule has 0 spiro atoms. The van der Waals surface area contributed by atoms with Gasteiger partial charge in [0.05, 0.1) is 25.9 Å². The fraction of sp³-hybridized carbons (Fsp3) is 0.381. The fourth-order valence-corrected chi connectivity index (χ4v) is 3.28. The van der Waals surface area contributed by atoms with Crippen molar-refractivity contribution in [2.24, 2.45) is 0 Å². The van der Waals surface area contributed by atoms with Crippen molar-refractivity contribution < 1.29 is 28.9 Å². The number of piperidine rings is 1. The van der Waals surface area contributed by atoms with Gasteiger partial charge in [0, 0.05) is 18.9 Å². The predicted molar refractivity (Wildman–Crippen MR) is 101 cm³/mol. The van der Waals surface area contributed by atoms with E-state index >= 15 is 0 Å². The van der Waals surface area contributed by atoms with Crippen molar-refractivity contribution in [3.63, 3.8) is 0 Å². The number of aliphatic hydroxyl groups is 1. The van der Waals surface area contributed by atoms with E-state index in [-0.39, 0.29) is 18.3 Å². The molecule has 3 rings (SSSR count). The molecule has 2 atom stereocenters. The maximum atomic E-state index is 12.8. The number of benzene rings is 2. The Morgan fingerprint density at radius 1 is 1.04 bits per heavy atom. The first kappa shape index (κ1) is 19.9. The summed E-state index contributed by atoms with van der Waals surface area (Å²) in [6.45, 7) is 1.51. The summed E-state index contributed by atoms with van der Waals surface area (Å²) >= 11 is 0. The van der Waals surface area contributed by atoms with Crippen LogP contribution in [0, 0.1) is 5.82 Å². The number of hydrogen-bond acceptors (Lipinski definition) is 4. The maximum Gasteiger partial charge on any atom is 0.407 e. The van der Waals surface area contributed by atoms with Gasteiger partial charge in [0.15, 0.2) is 0 Å². The van der Waals surface area contributed by atoms with Crippen LogP contribution in [0.25, 0.3) is 0 Å². The second-order valence-corrected chi connectivity index (χ2v) is 6.76. The molecule has 28 heavy (non-hydrogen) atoms. The van der Waals surface area contributed by atoms with E-state index in [0.29, 0.717) is 38.3 Å². The molecular weight excluding hydrogens is 365 g/mol. The molecule has 6 nitrogen and oxygen atoms in total. The number of rotatable bonds is 7. The SMILES string of the molecule is O=C(O)N1CCC(c2ccc(OCCCOc3ccc(F)cc3)cc2)C(O)C1. The van der Waals surface area contributed by atoms with Crippen LogP contribution >= 0.6 is 0 Å². The van der Waals surface area contributed by atoms with Crippen molar-refractivity contribution in [2.75, 3.05) is 26.3 Å². The van der Waals surface area contributed by atoms with Gasteiger partial charge in [0.1, 0.15) is 17.3 Å². The van der Waals surface area contributed by atoms with Crippen LogP contribution in [-0.4, -0.2) is 53.6 Å². The Morgan fingerprint density at radius 2 is 1.61 bits per heavy atom. The largest absolute Gasteiger partial charge is 0.493 e. The lowest BCUT2D eigenvalue weighted by Gasteiger charge is -2.34. The zero-order chi connectivity index (χ0) is 19.9. The number of hydrogen-bond donors (Lipinski definition) is 2. The van der Waals surface area contributed by atoms with Crippen molar-refractivity contribution in [3.8, 4) is 11.5 Å². The number of halogens is 1. The van der Waals surface area contributed by atoms with Crippen LogP contribution in [0.4, 0.5) is 9.18 Å². The Hall–Kier alpha value is -2.80. The van der Waals surface area contributed by atoms with Crippen LogP contribution < -0.4 is 9.47 Å². The highest BCUT2D eigenvalue weighted by molar-refractivity contribution is 5.65. The Labute approximate surface area is 163 Å². The molecule has 2 N–H and O–H groups in total. The number of carboxylic acid groups (broad SMARTS) is 1. The van der Waals surface area contributed by atoms with Gasteiger partial charge in [-0.1, -0.05) is 12.1 Å². The van der Waals surface area contributed by atoms with Crippen LogP contribution in [-0.2, 0) is 0 Å². The van der Waals surface area contributed by atoms with E-state index < -0.39 is 12.2 Å². The first-order valence-electron chi connectivity index (χ1n) is 9.30. The summed E-state index contributed by atoms with van der Waals surface area (Å²) < 4.78 is 24.0. The van der Waals surface area contributed by atoms with E-state index in [4.69, 9.17) is 14.6 Å². The summed E-state index contributed by atoms with van der Waals surface area (Å²) in [4.78, 5) is 12.2. The van der Waals surface area contributed by atoms with E-state index in [9.17, 15) is 14.3 Å². The lowest BCUT2D eigenvalue weighted by atomic mass is 9.87. The number of nitrogens with zero attached hydrogens (tertiary/aromatic N) is 1. The molecule has 0 saturated carbocycles. The molecule has 1 aliphatic rings. The summed E-state index contributed by atoms with van der Waals surface area (Å²) in [6.07, 6.45) is -0.426. The third-order valence-corrected chi connectivity index (χ3v) is 4.80. The van der Waals surface area contributed by atoms with Crippen LogP contribution in [0.1, 0.15) is 24.3 Å². The van der Waals surface area contributed by atoms with Crippen molar-refractivity contribution in [3.05, 3.63) is 59.9 Å². The Morgan fingerprint density at radius 3 is 2.14 bits per heavy atom. The molecule has 1 saturated heterocycles. The molecular formula is C21H24FNO5. The molecule has 150 valence electrons. The van der Waals surface area contributed by atoms with Gasteiger partial charge in [-0.3, -0.25) is 0 Å². The minimum atomic E-state index is -0.996. The van der Waals surface area contributed by atoms with Crippen LogP contribution in [0.2, 0.25) is 0 Å². The second-order valence-electron chi connectivity index (χ2n) is 6.76. The molecule has 1 aliphatic heterocycles. The van der Waals surface area contributed by atoms with Gasteiger partial charge in [0.25, 0.3) is 0 Å². The molecule has 7 heteroatoms.